The third kappa shape index (κ3) is 4.59. The average Bonchev–Trinajstić information content (AvgIpc) is 2.47. The Morgan fingerprint density at radius 2 is 1.14 bits per heavy atom. The lowest BCUT2D eigenvalue weighted by atomic mass is 10.2. The van der Waals surface area contributed by atoms with Gasteiger partial charge in [-0.3, -0.25) is 4.90 Å². The standard InChI is InChI=1S/C12H12Cl2F5NO/c13-1-3-20(4-2-14)5-6-21-12-10(18)8(16)7(15)9(17)11(12)19/h1-6H2. The Balaban J connectivity index is 2.76. The van der Waals surface area contributed by atoms with E-state index in [2.05, 4.69) is 4.74 Å². The molecular weight excluding hydrogens is 340 g/mol. The van der Waals surface area contributed by atoms with Crippen molar-refractivity contribution in [3.8, 4) is 5.75 Å². The summed E-state index contributed by atoms with van der Waals surface area (Å²) in [5.41, 5.74) is 0. The van der Waals surface area contributed by atoms with Crippen molar-refractivity contribution >= 4 is 23.2 Å². The van der Waals surface area contributed by atoms with Crippen LogP contribution >= 0.6 is 23.2 Å². The summed E-state index contributed by atoms with van der Waals surface area (Å²) in [6.45, 7) is 0.814. The number of nitrogens with zero attached hydrogens (tertiary/aromatic N) is 1. The summed E-state index contributed by atoms with van der Waals surface area (Å²) in [6.07, 6.45) is 0. The van der Waals surface area contributed by atoms with Gasteiger partial charge >= 0.3 is 0 Å². The minimum atomic E-state index is -2.22. The maximum Gasteiger partial charge on any atom is 0.206 e. The van der Waals surface area contributed by atoms with Gasteiger partial charge in [0.15, 0.2) is 5.75 Å². The molecule has 0 aliphatic heterocycles. The number of benzene rings is 1. The highest BCUT2D eigenvalue weighted by molar-refractivity contribution is 6.18. The molecular formula is C12H12Cl2F5NO. The summed E-state index contributed by atoms with van der Waals surface area (Å²) in [7, 11) is 0. The van der Waals surface area contributed by atoms with Crippen LogP contribution in [0.2, 0.25) is 0 Å². The van der Waals surface area contributed by atoms with Gasteiger partial charge in [-0.25, -0.2) is 13.2 Å². The van der Waals surface area contributed by atoms with Crippen molar-refractivity contribution in [3.05, 3.63) is 29.1 Å². The quantitative estimate of drug-likeness (QED) is 0.307. The molecule has 0 saturated carbocycles. The van der Waals surface area contributed by atoms with Gasteiger partial charge in [0, 0.05) is 31.4 Å². The molecule has 9 heteroatoms. The van der Waals surface area contributed by atoms with Crippen LogP contribution in [0.25, 0.3) is 0 Å². The molecule has 1 aromatic carbocycles. The average molecular weight is 352 g/mol. The number of alkyl halides is 2. The van der Waals surface area contributed by atoms with Crippen molar-refractivity contribution in [2.45, 2.75) is 0 Å². The number of hydrogen-bond acceptors (Lipinski definition) is 2. The van der Waals surface area contributed by atoms with Gasteiger partial charge < -0.3 is 4.74 Å². The van der Waals surface area contributed by atoms with Crippen LogP contribution in [0, 0.1) is 29.1 Å². The van der Waals surface area contributed by atoms with E-state index in [-0.39, 0.29) is 13.2 Å². The smallest absolute Gasteiger partial charge is 0.206 e. The number of rotatable bonds is 8. The zero-order valence-electron chi connectivity index (χ0n) is 10.7. The van der Waals surface area contributed by atoms with E-state index >= 15 is 0 Å². The molecule has 1 aromatic rings. The molecule has 0 bridgehead atoms. The van der Waals surface area contributed by atoms with Crippen LogP contribution in [-0.2, 0) is 0 Å². The molecule has 0 N–H and O–H groups in total. The van der Waals surface area contributed by atoms with Gasteiger partial charge in [0.1, 0.15) is 6.61 Å². The van der Waals surface area contributed by atoms with E-state index in [4.69, 9.17) is 23.2 Å². The molecule has 21 heavy (non-hydrogen) atoms. The number of ether oxygens (including phenoxy) is 1. The minimum Gasteiger partial charge on any atom is -0.486 e. The summed E-state index contributed by atoms with van der Waals surface area (Å²) >= 11 is 11.1. The lowest BCUT2D eigenvalue weighted by Crippen LogP contribution is -2.32. The molecule has 0 amide bonds. The van der Waals surface area contributed by atoms with Crippen molar-refractivity contribution < 1.29 is 26.7 Å². The largest absolute Gasteiger partial charge is 0.486 e. The number of hydrogen-bond donors (Lipinski definition) is 0. The molecule has 0 radical (unpaired) electrons. The van der Waals surface area contributed by atoms with Crippen molar-refractivity contribution in [2.24, 2.45) is 0 Å². The van der Waals surface area contributed by atoms with E-state index in [1.54, 1.807) is 4.90 Å². The fraction of sp³-hybridized carbons (Fsp3) is 0.500. The van der Waals surface area contributed by atoms with Gasteiger partial charge in [0.2, 0.25) is 29.1 Å². The lowest BCUT2D eigenvalue weighted by Gasteiger charge is -2.20. The van der Waals surface area contributed by atoms with Gasteiger partial charge in [-0.05, 0) is 0 Å². The monoisotopic (exact) mass is 351 g/mol. The Morgan fingerprint density at radius 3 is 1.57 bits per heavy atom. The fourth-order valence-electron chi connectivity index (χ4n) is 1.56. The Labute approximate surface area is 128 Å². The normalized spacial score (nSPS) is 11.2. The van der Waals surface area contributed by atoms with Crippen LogP contribution < -0.4 is 4.74 Å². The second-order valence-electron chi connectivity index (χ2n) is 3.97. The SMILES string of the molecule is Fc1c(F)c(F)c(OCCN(CCCl)CCCl)c(F)c1F. The van der Waals surface area contributed by atoms with Gasteiger partial charge in [-0.15, -0.1) is 23.2 Å². The first-order valence-electron chi connectivity index (χ1n) is 5.92. The van der Waals surface area contributed by atoms with Crippen molar-refractivity contribution in [1.82, 2.24) is 4.90 Å². The minimum absolute atomic E-state index is 0.179. The third-order valence-electron chi connectivity index (χ3n) is 2.62. The second-order valence-corrected chi connectivity index (χ2v) is 4.72. The number of halogens is 7. The molecule has 0 unspecified atom stereocenters. The topological polar surface area (TPSA) is 12.5 Å². The van der Waals surface area contributed by atoms with Crippen molar-refractivity contribution in [2.75, 3.05) is 38.0 Å². The van der Waals surface area contributed by atoms with E-state index in [1.165, 1.54) is 0 Å². The van der Waals surface area contributed by atoms with E-state index in [0.717, 1.165) is 0 Å². The molecule has 0 aromatic heterocycles. The van der Waals surface area contributed by atoms with Crippen LogP contribution in [0.4, 0.5) is 22.0 Å². The maximum absolute atomic E-state index is 13.3. The van der Waals surface area contributed by atoms with E-state index < -0.39 is 34.8 Å². The molecule has 0 spiro atoms. The first kappa shape index (κ1) is 18.3. The Kier molecular flexibility index (Phi) is 7.48. The van der Waals surface area contributed by atoms with Crippen LogP contribution in [-0.4, -0.2) is 42.9 Å². The molecule has 1 rings (SSSR count). The zero-order chi connectivity index (χ0) is 16.0. The van der Waals surface area contributed by atoms with Gasteiger partial charge in [-0.1, -0.05) is 0 Å². The molecule has 0 atom stereocenters. The Bertz CT molecular complexity index is 454. The Morgan fingerprint density at radius 1 is 0.714 bits per heavy atom. The van der Waals surface area contributed by atoms with Crippen LogP contribution in [0.3, 0.4) is 0 Å². The maximum atomic E-state index is 13.3. The lowest BCUT2D eigenvalue weighted by molar-refractivity contribution is 0.206. The third-order valence-corrected chi connectivity index (χ3v) is 2.96. The molecule has 0 aliphatic carbocycles. The Hall–Kier alpha value is -0.790. The summed E-state index contributed by atoms with van der Waals surface area (Å²) in [6, 6.07) is 0. The van der Waals surface area contributed by atoms with Crippen molar-refractivity contribution in [1.29, 1.82) is 0 Å². The van der Waals surface area contributed by atoms with Gasteiger partial charge in [0.05, 0.1) is 0 Å². The highest BCUT2D eigenvalue weighted by Gasteiger charge is 2.27. The molecule has 2 nitrogen and oxygen atoms in total. The second kappa shape index (κ2) is 8.60. The highest BCUT2D eigenvalue weighted by Crippen LogP contribution is 2.28. The van der Waals surface area contributed by atoms with Crippen LogP contribution in [0.15, 0.2) is 0 Å². The molecule has 0 aliphatic rings. The van der Waals surface area contributed by atoms with Crippen LogP contribution in [0.5, 0.6) is 5.75 Å². The first-order valence-corrected chi connectivity index (χ1v) is 6.99. The van der Waals surface area contributed by atoms with Crippen molar-refractivity contribution in [3.63, 3.8) is 0 Å². The first-order chi connectivity index (χ1) is 9.93. The van der Waals surface area contributed by atoms with Gasteiger partial charge in [-0.2, -0.15) is 8.78 Å². The van der Waals surface area contributed by atoms with E-state index in [0.29, 0.717) is 24.8 Å². The summed E-state index contributed by atoms with van der Waals surface area (Å²) < 4.78 is 70.0. The summed E-state index contributed by atoms with van der Waals surface area (Å²) in [5.74, 6) is -11.0. The summed E-state index contributed by atoms with van der Waals surface area (Å²) in [4.78, 5) is 1.73. The molecule has 120 valence electrons. The summed E-state index contributed by atoms with van der Waals surface area (Å²) in [5, 5.41) is 0. The predicted octanol–water partition coefficient (Wildman–Crippen LogP) is 3.54. The van der Waals surface area contributed by atoms with Gasteiger partial charge in [0.25, 0.3) is 0 Å². The zero-order valence-corrected chi connectivity index (χ0v) is 12.3. The molecule has 0 fully saturated rings. The molecule has 0 saturated heterocycles. The highest BCUT2D eigenvalue weighted by atomic mass is 35.5. The fourth-order valence-corrected chi connectivity index (χ4v) is 2.04. The predicted molar refractivity (Wildman–Crippen MR) is 69.6 cm³/mol. The van der Waals surface area contributed by atoms with E-state index in [1.807, 2.05) is 0 Å². The molecule has 0 heterocycles. The van der Waals surface area contributed by atoms with E-state index in [9.17, 15) is 22.0 Å². The van der Waals surface area contributed by atoms with Crippen LogP contribution in [0.1, 0.15) is 0 Å².